The van der Waals surface area contributed by atoms with Crippen molar-refractivity contribution in [2.75, 3.05) is 31.1 Å². The highest BCUT2D eigenvalue weighted by Gasteiger charge is 2.24. The van der Waals surface area contributed by atoms with Crippen molar-refractivity contribution in [2.45, 2.75) is 38.8 Å². The molecule has 0 unspecified atom stereocenters. The van der Waals surface area contributed by atoms with Gasteiger partial charge in [0.15, 0.2) is 0 Å². The molecule has 2 aliphatic heterocycles. The van der Waals surface area contributed by atoms with Gasteiger partial charge >= 0.3 is 5.69 Å². The van der Waals surface area contributed by atoms with Crippen molar-refractivity contribution in [1.82, 2.24) is 24.2 Å². The molecule has 2 aliphatic rings. The van der Waals surface area contributed by atoms with Crippen molar-refractivity contribution >= 4 is 17.4 Å². The Morgan fingerprint density at radius 2 is 1.90 bits per heavy atom. The van der Waals surface area contributed by atoms with Crippen molar-refractivity contribution < 1.29 is 9.72 Å². The Labute approximate surface area is 166 Å². The Morgan fingerprint density at radius 1 is 1.10 bits per heavy atom. The van der Waals surface area contributed by atoms with E-state index in [1.807, 2.05) is 4.90 Å². The molecular formula is C18H23N7O4. The Hall–Kier alpha value is -3.24. The molecule has 0 atom stereocenters. The van der Waals surface area contributed by atoms with Crippen molar-refractivity contribution in [3.63, 3.8) is 0 Å². The zero-order chi connectivity index (χ0) is 20.4. The van der Waals surface area contributed by atoms with Crippen LogP contribution in [0.15, 0.2) is 23.1 Å². The summed E-state index contributed by atoms with van der Waals surface area (Å²) in [6.45, 7) is 2.77. The van der Waals surface area contributed by atoms with Gasteiger partial charge in [0.05, 0.1) is 4.92 Å². The molecule has 1 fully saturated rings. The van der Waals surface area contributed by atoms with Gasteiger partial charge in [-0.15, -0.1) is 0 Å². The Morgan fingerprint density at radius 3 is 2.59 bits per heavy atom. The Kier molecular flexibility index (Phi) is 5.28. The molecule has 0 saturated carbocycles. The van der Waals surface area contributed by atoms with E-state index in [1.165, 1.54) is 16.9 Å². The first-order valence-electron chi connectivity index (χ1n) is 9.82. The molecule has 0 aromatic carbocycles. The SMILES string of the molecule is O=C(Cn1nc2n(c1=O)CCCCC2)N1CCN(c2ccc([N+](=O)[O-])cn2)CC1. The largest absolute Gasteiger partial charge is 0.353 e. The molecule has 1 saturated heterocycles. The van der Waals surface area contributed by atoms with Gasteiger partial charge in [0, 0.05) is 45.2 Å². The number of nitrogens with zero attached hydrogens (tertiary/aromatic N) is 7. The third-order valence-corrected chi connectivity index (χ3v) is 5.47. The third kappa shape index (κ3) is 3.98. The van der Waals surface area contributed by atoms with E-state index in [4.69, 9.17) is 0 Å². The molecule has 11 nitrogen and oxygen atoms in total. The van der Waals surface area contributed by atoms with Crippen LogP contribution < -0.4 is 10.6 Å². The smallest absolute Gasteiger partial charge is 0.346 e. The molecule has 0 spiro atoms. The maximum atomic E-state index is 12.7. The van der Waals surface area contributed by atoms with Crippen LogP contribution in [0.3, 0.4) is 0 Å². The van der Waals surface area contributed by atoms with Crippen molar-refractivity contribution in [3.05, 3.63) is 44.8 Å². The summed E-state index contributed by atoms with van der Waals surface area (Å²) in [5.41, 5.74) is -0.254. The van der Waals surface area contributed by atoms with Crippen LogP contribution in [0.1, 0.15) is 25.1 Å². The zero-order valence-corrected chi connectivity index (χ0v) is 16.1. The normalized spacial score (nSPS) is 17.0. The third-order valence-electron chi connectivity index (χ3n) is 5.47. The van der Waals surface area contributed by atoms with Gasteiger partial charge in [-0.3, -0.25) is 19.5 Å². The fourth-order valence-corrected chi connectivity index (χ4v) is 3.81. The standard InChI is InChI=1S/C18H23N7O4/c26-17(13-24-18(27)23-7-3-1-2-4-16(23)20-24)22-10-8-21(9-11-22)15-6-5-14(12-19-15)25(28)29/h5-6,12H,1-4,7-11,13H2. The highest BCUT2D eigenvalue weighted by atomic mass is 16.6. The highest BCUT2D eigenvalue weighted by molar-refractivity contribution is 5.76. The summed E-state index contributed by atoms with van der Waals surface area (Å²) >= 11 is 0. The number of hydrogen-bond acceptors (Lipinski definition) is 7. The summed E-state index contributed by atoms with van der Waals surface area (Å²) < 4.78 is 2.98. The van der Waals surface area contributed by atoms with E-state index in [0.29, 0.717) is 38.5 Å². The summed E-state index contributed by atoms with van der Waals surface area (Å²) in [6.07, 6.45) is 5.09. The number of aryl methyl sites for hydroxylation is 1. The second-order valence-electron chi connectivity index (χ2n) is 7.32. The summed E-state index contributed by atoms with van der Waals surface area (Å²) in [5, 5.41) is 15.1. The zero-order valence-electron chi connectivity index (χ0n) is 16.1. The molecule has 2 aromatic rings. The number of carbonyl (C=O) groups is 1. The molecule has 2 aromatic heterocycles. The topological polar surface area (TPSA) is 119 Å². The summed E-state index contributed by atoms with van der Waals surface area (Å²) in [7, 11) is 0. The minimum Gasteiger partial charge on any atom is -0.353 e. The first-order valence-corrected chi connectivity index (χ1v) is 9.82. The van der Waals surface area contributed by atoms with Crippen LogP contribution in [-0.4, -0.2) is 61.2 Å². The molecule has 154 valence electrons. The van der Waals surface area contributed by atoms with Gasteiger partial charge in [-0.25, -0.2) is 14.5 Å². The number of anilines is 1. The Bertz CT molecular complexity index is 958. The van der Waals surface area contributed by atoms with Gasteiger partial charge in [-0.05, 0) is 18.9 Å². The Balaban J connectivity index is 1.36. The van der Waals surface area contributed by atoms with Gasteiger partial charge in [0.1, 0.15) is 24.4 Å². The minimum absolute atomic E-state index is 0.0470. The molecule has 0 N–H and O–H groups in total. The van der Waals surface area contributed by atoms with Gasteiger partial charge in [-0.1, -0.05) is 6.42 Å². The number of amides is 1. The quantitative estimate of drug-likeness (QED) is 0.538. The first kappa shape index (κ1) is 19.1. The van der Waals surface area contributed by atoms with Crippen LogP contribution in [-0.2, 0) is 24.3 Å². The monoisotopic (exact) mass is 401 g/mol. The van der Waals surface area contributed by atoms with Crippen LogP contribution in [0, 0.1) is 10.1 Å². The molecule has 4 heterocycles. The molecule has 0 bridgehead atoms. The van der Waals surface area contributed by atoms with Crippen LogP contribution in [0.4, 0.5) is 11.5 Å². The van der Waals surface area contributed by atoms with E-state index in [9.17, 15) is 19.7 Å². The number of carbonyl (C=O) groups excluding carboxylic acids is 1. The number of nitro groups is 1. The summed E-state index contributed by atoms with van der Waals surface area (Å²) in [6, 6.07) is 3.04. The fraction of sp³-hybridized carbons (Fsp3) is 0.556. The minimum atomic E-state index is -0.481. The van der Waals surface area contributed by atoms with E-state index in [1.54, 1.807) is 15.5 Å². The number of hydrogen-bond donors (Lipinski definition) is 0. The van der Waals surface area contributed by atoms with Crippen molar-refractivity contribution in [3.8, 4) is 0 Å². The second-order valence-corrected chi connectivity index (χ2v) is 7.32. The van der Waals surface area contributed by atoms with Gasteiger partial charge in [0.25, 0.3) is 5.69 Å². The maximum absolute atomic E-state index is 12.7. The van der Waals surface area contributed by atoms with E-state index in [2.05, 4.69) is 10.1 Å². The average Bonchev–Trinajstić information content (AvgIpc) is 2.89. The predicted octanol–water partition coefficient (Wildman–Crippen LogP) is 0.423. The van der Waals surface area contributed by atoms with Crippen LogP contribution in [0.2, 0.25) is 0 Å². The summed E-state index contributed by atoms with van der Waals surface area (Å²) in [5.74, 6) is 1.29. The molecule has 0 radical (unpaired) electrons. The molecule has 0 aliphatic carbocycles. The van der Waals surface area contributed by atoms with E-state index < -0.39 is 4.92 Å². The maximum Gasteiger partial charge on any atom is 0.346 e. The number of rotatable bonds is 4. The van der Waals surface area contributed by atoms with E-state index in [0.717, 1.165) is 31.5 Å². The predicted molar refractivity (Wildman–Crippen MR) is 104 cm³/mol. The van der Waals surface area contributed by atoms with Crippen LogP contribution in [0.25, 0.3) is 0 Å². The first-order chi connectivity index (χ1) is 14.0. The van der Waals surface area contributed by atoms with Gasteiger partial charge in [-0.2, -0.15) is 5.10 Å². The van der Waals surface area contributed by atoms with Crippen LogP contribution >= 0.6 is 0 Å². The molecule has 4 rings (SSSR count). The van der Waals surface area contributed by atoms with Gasteiger partial charge < -0.3 is 9.80 Å². The van der Waals surface area contributed by atoms with Crippen molar-refractivity contribution in [2.24, 2.45) is 0 Å². The van der Waals surface area contributed by atoms with E-state index in [-0.39, 0.29) is 23.8 Å². The number of piperazine rings is 1. The molecule has 1 amide bonds. The van der Waals surface area contributed by atoms with Gasteiger partial charge in [0.2, 0.25) is 5.91 Å². The summed E-state index contributed by atoms with van der Waals surface area (Å²) in [4.78, 5) is 43.3. The number of fused-ring (bicyclic) bond motifs is 1. The lowest BCUT2D eigenvalue weighted by atomic mass is 10.2. The lowest BCUT2D eigenvalue weighted by molar-refractivity contribution is -0.385. The second kappa shape index (κ2) is 8.02. The molecule has 11 heteroatoms. The lowest BCUT2D eigenvalue weighted by Crippen LogP contribution is -2.50. The number of aromatic nitrogens is 4. The van der Waals surface area contributed by atoms with E-state index >= 15 is 0 Å². The van der Waals surface area contributed by atoms with Crippen molar-refractivity contribution in [1.29, 1.82) is 0 Å². The lowest BCUT2D eigenvalue weighted by Gasteiger charge is -2.35. The average molecular weight is 401 g/mol. The molecular weight excluding hydrogens is 378 g/mol. The van der Waals surface area contributed by atoms with Crippen LogP contribution in [0.5, 0.6) is 0 Å². The highest BCUT2D eigenvalue weighted by Crippen LogP contribution is 2.17. The number of pyridine rings is 1. The fourth-order valence-electron chi connectivity index (χ4n) is 3.81. The molecule has 29 heavy (non-hydrogen) atoms.